The Kier molecular flexibility index (Phi) is 7.34. The zero-order chi connectivity index (χ0) is 38.2. The number of nitrogens with zero attached hydrogens (tertiary/aromatic N) is 4. The van der Waals surface area contributed by atoms with E-state index >= 15 is 0 Å². The molecule has 0 saturated heterocycles. The molecule has 4 nitrogen and oxygen atoms in total. The summed E-state index contributed by atoms with van der Waals surface area (Å²) in [5.41, 5.74) is 13.0. The second-order valence-corrected chi connectivity index (χ2v) is 16.0. The van der Waals surface area contributed by atoms with Crippen LogP contribution in [0.1, 0.15) is 22.3 Å². The number of pyridine rings is 1. The number of aromatic nitrogens is 4. The molecular weight excluding hydrogens is 725 g/mol. The molecule has 0 atom stereocenters. The fourth-order valence-electron chi connectivity index (χ4n) is 9.24. The second-order valence-electron chi connectivity index (χ2n) is 14.9. The van der Waals surface area contributed by atoms with E-state index in [1.807, 2.05) is 72.4 Å². The van der Waals surface area contributed by atoms with Gasteiger partial charge in [-0.3, -0.25) is 0 Å². The first-order valence-electron chi connectivity index (χ1n) is 19.6. The van der Waals surface area contributed by atoms with Crippen LogP contribution in [0.25, 0.3) is 78.2 Å². The van der Waals surface area contributed by atoms with E-state index < -0.39 is 5.41 Å². The zero-order valence-electron chi connectivity index (χ0n) is 31.2. The van der Waals surface area contributed by atoms with Gasteiger partial charge in [0.15, 0.2) is 17.5 Å². The molecule has 0 amide bonds. The number of hydrogen-bond donors (Lipinski definition) is 0. The van der Waals surface area contributed by atoms with Gasteiger partial charge in [0.1, 0.15) is 0 Å². The van der Waals surface area contributed by atoms with Crippen molar-refractivity contribution in [3.63, 3.8) is 0 Å². The SMILES string of the molecule is c1ccc(-c2nc(-c3ccccc3)nc(-c3ccc4c(c3)nc(-c3ccccc3)c3cc5c(cc34)C3(c4ccccc4Sc4ccccc43)c3ccccc3-5)n2)cc1. The molecule has 0 radical (unpaired) electrons. The van der Waals surface area contributed by atoms with Crippen LogP contribution >= 0.6 is 11.8 Å². The fraction of sp³-hybridized carbons (Fsp3) is 0.0189. The third-order valence-corrected chi connectivity index (χ3v) is 12.9. The van der Waals surface area contributed by atoms with Crippen LogP contribution in [0, 0.1) is 0 Å². The first kappa shape index (κ1) is 33.0. The van der Waals surface area contributed by atoms with Gasteiger partial charge >= 0.3 is 0 Å². The van der Waals surface area contributed by atoms with E-state index in [1.54, 1.807) is 0 Å². The summed E-state index contributed by atoms with van der Waals surface area (Å²) in [7, 11) is 0. The van der Waals surface area contributed by atoms with Crippen LogP contribution in [0.5, 0.6) is 0 Å². The molecule has 1 aliphatic heterocycles. The minimum atomic E-state index is -0.479. The minimum Gasteiger partial charge on any atom is -0.247 e. The average Bonchev–Trinajstić information content (AvgIpc) is 3.58. The molecule has 0 unspecified atom stereocenters. The van der Waals surface area contributed by atoms with E-state index in [4.69, 9.17) is 19.9 Å². The van der Waals surface area contributed by atoms with Crippen LogP contribution in [0.4, 0.5) is 0 Å². The molecule has 1 aliphatic carbocycles. The third-order valence-electron chi connectivity index (χ3n) is 11.8. The highest BCUT2D eigenvalue weighted by molar-refractivity contribution is 7.99. The minimum absolute atomic E-state index is 0.479. The molecule has 58 heavy (non-hydrogen) atoms. The maximum absolute atomic E-state index is 5.50. The maximum atomic E-state index is 5.50. The predicted octanol–water partition coefficient (Wildman–Crippen LogP) is 13.1. The summed E-state index contributed by atoms with van der Waals surface area (Å²) in [4.78, 5) is 23.2. The Labute approximate surface area is 340 Å². The highest BCUT2D eigenvalue weighted by atomic mass is 32.2. The summed E-state index contributed by atoms with van der Waals surface area (Å²) in [6.07, 6.45) is 0. The Morgan fingerprint density at radius 1 is 0.328 bits per heavy atom. The number of hydrogen-bond acceptors (Lipinski definition) is 5. The lowest BCUT2D eigenvalue weighted by atomic mass is 9.67. The molecule has 3 heterocycles. The fourth-order valence-corrected chi connectivity index (χ4v) is 10.4. The Morgan fingerprint density at radius 2 is 0.845 bits per heavy atom. The molecular formula is C53H32N4S. The number of benzene rings is 8. The van der Waals surface area contributed by atoms with Gasteiger partial charge in [-0.15, -0.1) is 0 Å². The second kappa shape index (κ2) is 12.9. The molecule has 12 rings (SSSR count). The van der Waals surface area contributed by atoms with E-state index in [1.165, 1.54) is 48.6 Å². The molecule has 2 aromatic heterocycles. The van der Waals surface area contributed by atoms with Gasteiger partial charge in [0, 0.05) is 42.8 Å². The van der Waals surface area contributed by atoms with E-state index in [9.17, 15) is 0 Å². The van der Waals surface area contributed by atoms with Crippen molar-refractivity contribution >= 4 is 33.4 Å². The van der Waals surface area contributed by atoms with Crippen molar-refractivity contribution in [2.24, 2.45) is 0 Å². The van der Waals surface area contributed by atoms with Gasteiger partial charge in [-0.25, -0.2) is 19.9 Å². The summed E-state index contributed by atoms with van der Waals surface area (Å²) < 4.78 is 0. The quantitative estimate of drug-likeness (QED) is 0.167. The van der Waals surface area contributed by atoms with Crippen molar-refractivity contribution < 1.29 is 0 Å². The number of rotatable bonds is 4. The van der Waals surface area contributed by atoms with Crippen LogP contribution < -0.4 is 0 Å². The van der Waals surface area contributed by atoms with Crippen molar-refractivity contribution in [2.75, 3.05) is 0 Å². The lowest BCUT2D eigenvalue weighted by Gasteiger charge is -2.39. The van der Waals surface area contributed by atoms with Gasteiger partial charge < -0.3 is 0 Å². The Hall–Kier alpha value is -7.21. The Bertz CT molecular complexity index is 3150. The van der Waals surface area contributed by atoms with E-state index in [0.717, 1.165) is 44.2 Å². The van der Waals surface area contributed by atoms with Gasteiger partial charge in [-0.05, 0) is 69.1 Å². The van der Waals surface area contributed by atoms with E-state index in [2.05, 4.69) is 133 Å². The normalized spacial score (nSPS) is 13.2. The first-order chi connectivity index (χ1) is 28.7. The molecule has 2 aliphatic rings. The largest absolute Gasteiger partial charge is 0.247 e. The lowest BCUT2D eigenvalue weighted by Crippen LogP contribution is -2.31. The summed E-state index contributed by atoms with van der Waals surface area (Å²) in [6.45, 7) is 0. The highest BCUT2D eigenvalue weighted by Gasteiger charge is 2.50. The van der Waals surface area contributed by atoms with Gasteiger partial charge in [0.2, 0.25) is 0 Å². The molecule has 0 bridgehead atoms. The molecule has 0 saturated carbocycles. The van der Waals surface area contributed by atoms with Crippen LogP contribution in [0.15, 0.2) is 204 Å². The Balaban J connectivity index is 1.15. The Morgan fingerprint density at radius 3 is 1.47 bits per heavy atom. The van der Waals surface area contributed by atoms with Crippen LogP contribution in [-0.4, -0.2) is 19.9 Å². The van der Waals surface area contributed by atoms with Gasteiger partial charge in [-0.2, -0.15) is 0 Å². The van der Waals surface area contributed by atoms with Crippen molar-refractivity contribution in [3.05, 3.63) is 216 Å². The summed E-state index contributed by atoms with van der Waals surface area (Å²) in [5, 5.41) is 3.38. The van der Waals surface area contributed by atoms with Gasteiger partial charge in [0.05, 0.1) is 16.6 Å². The monoisotopic (exact) mass is 756 g/mol. The van der Waals surface area contributed by atoms with Crippen molar-refractivity contribution in [2.45, 2.75) is 15.2 Å². The molecule has 1 spiro atoms. The van der Waals surface area contributed by atoms with Crippen LogP contribution in [-0.2, 0) is 5.41 Å². The maximum Gasteiger partial charge on any atom is 0.164 e. The van der Waals surface area contributed by atoms with Crippen LogP contribution in [0.3, 0.4) is 0 Å². The number of fused-ring (bicyclic) bond motifs is 12. The first-order valence-corrected chi connectivity index (χ1v) is 20.4. The topological polar surface area (TPSA) is 51.6 Å². The summed E-state index contributed by atoms with van der Waals surface area (Å²) >= 11 is 1.87. The predicted molar refractivity (Wildman–Crippen MR) is 236 cm³/mol. The average molecular weight is 757 g/mol. The smallest absolute Gasteiger partial charge is 0.164 e. The molecule has 0 N–H and O–H groups in total. The molecule has 5 heteroatoms. The third kappa shape index (κ3) is 4.90. The summed E-state index contributed by atoms with van der Waals surface area (Å²) in [6, 6.07) is 69.2. The van der Waals surface area contributed by atoms with Crippen molar-refractivity contribution in [3.8, 4) is 56.5 Å². The van der Waals surface area contributed by atoms with E-state index in [-0.39, 0.29) is 0 Å². The van der Waals surface area contributed by atoms with Gasteiger partial charge in [-0.1, -0.05) is 176 Å². The molecule has 270 valence electrons. The van der Waals surface area contributed by atoms with Crippen molar-refractivity contribution in [1.82, 2.24) is 19.9 Å². The highest BCUT2D eigenvalue weighted by Crippen LogP contribution is 2.62. The standard InChI is InChI=1S/C53H32N4S/c1-4-16-33(17-5-1)49-41-31-40-37-22-10-11-23-42(37)53(43-24-12-14-26-47(43)58-48-27-15-13-25-44(48)53)45(40)32-39(41)38-29-28-36(30-46(38)54-49)52-56-50(34-18-6-2-7-19-34)55-51(57-52)35-20-8-3-9-21-35/h1-32H. The molecule has 10 aromatic rings. The van der Waals surface area contributed by atoms with Crippen molar-refractivity contribution in [1.29, 1.82) is 0 Å². The zero-order valence-corrected chi connectivity index (χ0v) is 32.0. The van der Waals surface area contributed by atoms with Crippen LogP contribution in [0.2, 0.25) is 0 Å². The lowest BCUT2D eigenvalue weighted by molar-refractivity contribution is 0.723. The molecule has 8 aromatic carbocycles. The summed E-state index contributed by atoms with van der Waals surface area (Å²) in [5.74, 6) is 1.87. The van der Waals surface area contributed by atoms with E-state index in [0.29, 0.717) is 17.5 Å². The van der Waals surface area contributed by atoms with Gasteiger partial charge in [0.25, 0.3) is 0 Å². The molecule has 0 fully saturated rings.